The van der Waals surface area contributed by atoms with Gasteiger partial charge in [-0.1, -0.05) is 394 Å². The van der Waals surface area contributed by atoms with E-state index in [1.807, 2.05) is 194 Å². The van der Waals surface area contributed by atoms with Crippen LogP contribution in [0.15, 0.2) is 490 Å². The Bertz CT molecular complexity index is 10800. The highest BCUT2D eigenvalue weighted by Gasteiger charge is 2.28. The summed E-state index contributed by atoms with van der Waals surface area (Å²) in [6.45, 7) is 0. The molecule has 0 aliphatic rings. The van der Waals surface area contributed by atoms with Crippen LogP contribution in [0.25, 0.3) is 283 Å². The molecule has 4 nitrogen and oxygen atoms in total. The summed E-state index contributed by atoms with van der Waals surface area (Å²) >= 11 is 1.74. The van der Waals surface area contributed by atoms with Crippen LogP contribution in [0.5, 0.6) is 0 Å². The van der Waals surface area contributed by atoms with Crippen LogP contribution in [0.1, 0.15) is 32.9 Å². The van der Waals surface area contributed by atoms with Gasteiger partial charge in [0, 0.05) is 80.0 Å². The largest absolute Gasteiger partial charge is 0.456 e. The van der Waals surface area contributed by atoms with Gasteiger partial charge in [-0.3, -0.25) is 0 Å². The van der Waals surface area contributed by atoms with Gasteiger partial charge in [0.2, 0.25) is 0 Å². The first-order chi connectivity index (χ1) is 77.0. The van der Waals surface area contributed by atoms with Gasteiger partial charge in [0.1, 0.15) is 44.7 Å². The predicted octanol–water partition coefficient (Wildman–Crippen LogP) is 38.1. The molecule has 0 bridgehead atoms. The van der Waals surface area contributed by atoms with Crippen LogP contribution in [-0.4, -0.2) is 0 Å². The Balaban J connectivity index is 0.000000115. The minimum atomic E-state index is -0.446. The Morgan fingerprint density at radius 2 is 0.437 bits per heavy atom. The maximum Gasteiger partial charge on any atom is 0.143 e. The molecule has 0 saturated heterocycles. The van der Waals surface area contributed by atoms with E-state index in [1.165, 1.54) is 4.70 Å². The van der Waals surface area contributed by atoms with Gasteiger partial charge in [0.15, 0.2) is 0 Å². The summed E-state index contributed by atoms with van der Waals surface area (Å²) < 4.78 is 246. The summed E-state index contributed by atoms with van der Waals surface area (Å²) in [5.74, 6) is 0. The number of hydrogen-bond donors (Lipinski definition) is 0. The number of thiophene rings is 1. The second-order valence-corrected chi connectivity index (χ2v) is 34.5. The zero-order valence-corrected chi connectivity index (χ0v) is 72.0. The fourth-order valence-corrected chi connectivity index (χ4v) is 21.4. The lowest BCUT2D eigenvalue weighted by molar-refractivity contribution is 0.668. The number of fused-ring (bicyclic) bond motifs is 22. The van der Waals surface area contributed by atoms with Crippen LogP contribution in [0.4, 0.5) is 0 Å². The number of furan rings is 4. The van der Waals surface area contributed by atoms with Crippen molar-refractivity contribution in [1.29, 1.82) is 0 Å². The lowest BCUT2D eigenvalue weighted by Gasteiger charge is -2.18. The lowest BCUT2D eigenvalue weighted by atomic mass is 9.84. The fraction of sp³-hybridized carbons (Fsp3) is 0. The second-order valence-electron chi connectivity index (χ2n) is 33.4. The molecule has 0 aliphatic heterocycles. The van der Waals surface area contributed by atoms with Gasteiger partial charge < -0.3 is 17.7 Å². The van der Waals surface area contributed by atoms with E-state index in [0.29, 0.717) is 111 Å². The third kappa shape index (κ3) is 12.6. The van der Waals surface area contributed by atoms with Crippen molar-refractivity contribution in [2.24, 2.45) is 0 Å². The van der Waals surface area contributed by atoms with Crippen molar-refractivity contribution in [2.75, 3.05) is 0 Å². The Kier molecular flexibility index (Phi) is 13.3. The molecule has 29 aromatic rings. The first kappa shape index (κ1) is 56.9. The zero-order valence-electron chi connectivity index (χ0n) is 95.2. The smallest absolute Gasteiger partial charge is 0.143 e. The Labute approximate surface area is 813 Å². The predicted molar refractivity (Wildman–Crippen MR) is 573 cm³/mol. The van der Waals surface area contributed by atoms with Crippen molar-refractivity contribution in [3.63, 3.8) is 0 Å². The highest BCUT2D eigenvalue weighted by Crippen LogP contribution is 2.55. The maximum absolute atomic E-state index is 9.40. The van der Waals surface area contributed by atoms with Crippen LogP contribution in [0.2, 0.25) is 0 Å². The summed E-state index contributed by atoms with van der Waals surface area (Å²) in [6.07, 6.45) is 0. The SMILES string of the molecule is [2H]c1c([2H])c([2H])c2c(-c3ccc(-c4ccc5ccccc5c4)c4oc5ccccc5c34)c3c([2H])c([2H])c([2H])c([2H])c3c(-c3ccccc3)c2c1[2H].[2H]c1c([2H])c([2H])c2c(-c3ccc(-c4ccc5oc6ccccc6c5c4)c4oc5ccccc5c34)c3c([2H])c([2H])c([2H])c([2H])c3c(-c3ccccc3)c2c1[2H].[2H]c1c([2H])c([2H])c2c(-c3ccc(-c4ccc5sc6ccccc6c5c4)c4oc5ccccc5c34)c3c([2H])c([2H])c([2H])c([2H])c3c(-c3ccccc3)c2c1[2H]. The number of benzene rings is 24. The van der Waals surface area contributed by atoms with Gasteiger partial charge >= 0.3 is 0 Å². The second kappa shape index (κ2) is 31.7. The maximum atomic E-state index is 9.40. The molecule has 5 heterocycles. The third-order valence-electron chi connectivity index (χ3n) is 26.1. The van der Waals surface area contributed by atoms with Crippen molar-refractivity contribution in [3.8, 4) is 100 Å². The molecule has 0 unspecified atom stereocenters. The number of hydrogen-bond acceptors (Lipinski definition) is 5. The molecule has 24 aromatic carbocycles. The summed E-state index contributed by atoms with van der Waals surface area (Å²) in [5.41, 5.74) is 15.2. The van der Waals surface area contributed by atoms with Gasteiger partial charge in [-0.05, 0) is 238 Å². The summed E-state index contributed by atoms with van der Waals surface area (Å²) in [6, 6.07) is 95.1. The molecule has 135 heavy (non-hydrogen) atoms. The summed E-state index contributed by atoms with van der Waals surface area (Å²) in [4.78, 5) is 0. The molecule has 5 heteroatoms. The monoisotopic (exact) mass is 1760 g/mol. The Morgan fingerprint density at radius 1 is 0.163 bits per heavy atom. The average Bonchev–Trinajstić information content (AvgIpc) is 1.66. The van der Waals surface area contributed by atoms with Gasteiger partial charge in [-0.2, -0.15) is 0 Å². The minimum Gasteiger partial charge on any atom is -0.456 e. The van der Waals surface area contributed by atoms with Crippen LogP contribution in [-0.2, 0) is 0 Å². The molecule has 0 atom stereocenters. The fourth-order valence-electron chi connectivity index (χ4n) is 20.3. The van der Waals surface area contributed by atoms with Gasteiger partial charge in [0.05, 0.1) is 32.9 Å². The summed E-state index contributed by atoms with van der Waals surface area (Å²) in [7, 11) is 0. The molecular formula is C130H78O4S. The van der Waals surface area contributed by atoms with E-state index < -0.39 is 72.5 Å². The number of para-hydroxylation sites is 4. The molecule has 0 fully saturated rings. The van der Waals surface area contributed by atoms with Crippen molar-refractivity contribution < 1.29 is 50.6 Å². The van der Waals surface area contributed by atoms with Gasteiger partial charge in [-0.15, -0.1) is 11.3 Å². The first-order valence-electron chi connectivity index (χ1n) is 56.2. The topological polar surface area (TPSA) is 52.6 Å². The molecule has 0 radical (unpaired) electrons. The molecule has 0 saturated carbocycles. The van der Waals surface area contributed by atoms with Crippen LogP contribution >= 0.6 is 11.3 Å². The molecule has 0 aliphatic carbocycles. The number of rotatable bonds is 9. The van der Waals surface area contributed by atoms with Crippen molar-refractivity contribution in [1.82, 2.24) is 0 Å². The average molecular weight is 1760 g/mol. The van der Waals surface area contributed by atoms with E-state index in [1.54, 1.807) is 84.1 Å². The molecule has 5 aromatic heterocycles. The van der Waals surface area contributed by atoms with Gasteiger partial charge in [0.25, 0.3) is 0 Å². The molecule has 0 N–H and O–H groups in total. The highest BCUT2D eigenvalue weighted by molar-refractivity contribution is 7.25. The normalized spacial score (nSPS) is 14.3. The van der Waals surface area contributed by atoms with E-state index in [9.17, 15) is 16.4 Å². The molecule has 29 rings (SSSR count). The van der Waals surface area contributed by atoms with E-state index in [4.69, 9.17) is 34.1 Å². The first-order valence-corrected chi connectivity index (χ1v) is 45.0. The minimum absolute atomic E-state index is 0.156. The molecule has 0 amide bonds. The lowest BCUT2D eigenvalue weighted by Crippen LogP contribution is -1.91. The quantitative estimate of drug-likeness (QED) is 0.135. The Morgan fingerprint density at radius 3 is 0.830 bits per heavy atom. The van der Waals surface area contributed by atoms with E-state index in [-0.39, 0.29) is 143 Å². The Hall–Kier alpha value is -17.5. The standard InChI is InChI=1S/C44H26O2.C44H26OS.C42H26O/c1-2-12-27(13-3-1)41-31-15-4-6-17-33(31)42(34-18-7-5-16-32(34)41)36-24-23-29(44-43(36)35-19-9-11-21-39(35)46-44)28-22-25-40-37(26-28)30-14-8-10-20-38(30)45-40;1-2-12-27(13-3-1)41-31-15-4-6-17-33(31)42(34-18-7-5-16-32(34)41)36-24-23-29(44-43(36)35-19-8-10-20-38(35)45-44)28-22-25-40-37(26-28)30-14-9-11-21-39(30)46-40;1-2-13-28(14-3-1)39-32-16-6-8-18-34(32)40(35-19-9-7-17-33(35)39)37-25-24-31(30-23-22-27-12-4-5-15-29(27)26-30)42-41(37)36-20-10-11-21-38(36)43-42/h2*1-26H;1-26H/i2*4D,5D,6D,7D,15D,16D,17D,18D;6D,7D,8D,9D,16D,17D,18D,19D. The highest BCUT2D eigenvalue weighted by atomic mass is 32.1. The zero-order chi connectivity index (χ0) is 110. The van der Waals surface area contributed by atoms with Crippen LogP contribution < -0.4 is 0 Å². The van der Waals surface area contributed by atoms with E-state index in [2.05, 4.69) is 60.7 Å². The molecular weight excluding hydrogens is 1660 g/mol. The third-order valence-corrected chi connectivity index (χ3v) is 27.3. The van der Waals surface area contributed by atoms with E-state index >= 15 is 0 Å². The summed E-state index contributed by atoms with van der Waals surface area (Å²) in [5, 5.41) is 12.7. The van der Waals surface area contributed by atoms with Crippen molar-refractivity contribution in [3.05, 3.63) is 473 Å². The van der Waals surface area contributed by atoms with E-state index in [0.717, 1.165) is 97.7 Å². The molecule has 0 spiro atoms. The van der Waals surface area contributed by atoms with Crippen molar-refractivity contribution in [2.45, 2.75) is 0 Å². The van der Waals surface area contributed by atoms with Crippen LogP contribution in [0, 0.1) is 0 Å². The van der Waals surface area contributed by atoms with Crippen LogP contribution in [0.3, 0.4) is 0 Å². The molecule has 628 valence electrons. The van der Waals surface area contributed by atoms with Gasteiger partial charge in [-0.25, -0.2) is 0 Å². The van der Waals surface area contributed by atoms with Crippen molar-refractivity contribution >= 4 is 195 Å².